The summed E-state index contributed by atoms with van der Waals surface area (Å²) in [5.74, 6) is -3.57. The molecule has 2 aromatic carbocycles. The Hall–Kier alpha value is -3.29. The Bertz CT molecular complexity index is 856. The van der Waals surface area contributed by atoms with Crippen molar-refractivity contribution in [1.29, 1.82) is 0 Å². The van der Waals surface area contributed by atoms with Crippen LogP contribution in [0.2, 0.25) is 0 Å². The number of nitrogens with one attached hydrogen (secondary N) is 2. The Kier molecular flexibility index (Phi) is 7.20. The Morgan fingerprint density at radius 3 is 2.14 bits per heavy atom. The average Bonchev–Trinajstić information content (AvgIpc) is 2.63. The topological polar surface area (TPSA) is 95.5 Å². The number of carbonyl (C=O) groups is 3. The van der Waals surface area contributed by atoms with Crippen LogP contribution in [0.3, 0.4) is 0 Å². The Morgan fingerprint density at radius 1 is 0.929 bits per heavy atom. The lowest BCUT2D eigenvalue weighted by atomic mass is 10.0. The summed E-state index contributed by atoms with van der Waals surface area (Å²) < 4.78 is 26.9. The van der Waals surface area contributed by atoms with E-state index in [9.17, 15) is 28.3 Å². The van der Waals surface area contributed by atoms with Gasteiger partial charge in [-0.15, -0.1) is 0 Å². The number of hydrogen-bond acceptors (Lipinski definition) is 3. The molecule has 0 saturated heterocycles. The molecule has 6 nitrogen and oxygen atoms in total. The molecule has 0 radical (unpaired) electrons. The monoisotopic (exact) mass is 390 g/mol. The molecule has 8 heteroatoms. The first kappa shape index (κ1) is 21.0. The van der Waals surface area contributed by atoms with E-state index in [2.05, 4.69) is 10.6 Å². The SMILES string of the molecule is CC(=O)N[C@H](Cc1ccc(F)cc1)C(=O)N[C@H](Cc1ccccc1F)C(=O)O. The van der Waals surface area contributed by atoms with Gasteiger partial charge in [0.05, 0.1) is 0 Å². The standard InChI is InChI=1S/C20H20F2N2O4/c1-12(25)23-17(10-13-6-8-15(21)9-7-13)19(26)24-18(20(27)28)11-14-4-2-3-5-16(14)22/h2-9,17-18H,10-11H2,1H3,(H,23,25)(H,24,26)(H,27,28)/t17-,18-/m1/s1. The van der Waals surface area contributed by atoms with Crippen LogP contribution >= 0.6 is 0 Å². The van der Waals surface area contributed by atoms with E-state index in [0.29, 0.717) is 5.56 Å². The average molecular weight is 390 g/mol. The van der Waals surface area contributed by atoms with Crippen LogP contribution in [0.25, 0.3) is 0 Å². The summed E-state index contributed by atoms with van der Waals surface area (Å²) in [6, 6.07) is 8.59. The van der Waals surface area contributed by atoms with E-state index in [1.165, 1.54) is 49.4 Å². The summed E-state index contributed by atoms with van der Waals surface area (Å²) in [6.07, 6.45) is -0.213. The lowest BCUT2D eigenvalue weighted by molar-refractivity contribution is -0.142. The summed E-state index contributed by atoms with van der Waals surface area (Å²) in [7, 11) is 0. The number of carboxylic acid groups (broad SMARTS) is 1. The number of aliphatic carboxylic acids is 1. The van der Waals surface area contributed by atoms with Crippen molar-refractivity contribution >= 4 is 17.8 Å². The highest BCUT2D eigenvalue weighted by molar-refractivity contribution is 5.90. The van der Waals surface area contributed by atoms with Crippen molar-refractivity contribution in [2.75, 3.05) is 0 Å². The van der Waals surface area contributed by atoms with Gasteiger partial charge < -0.3 is 15.7 Å². The predicted molar refractivity (Wildman–Crippen MR) is 97.4 cm³/mol. The van der Waals surface area contributed by atoms with Crippen molar-refractivity contribution in [3.63, 3.8) is 0 Å². The fourth-order valence-electron chi connectivity index (χ4n) is 2.67. The summed E-state index contributed by atoms with van der Waals surface area (Å²) in [5, 5.41) is 14.2. The molecule has 28 heavy (non-hydrogen) atoms. The molecule has 0 aliphatic rings. The van der Waals surface area contributed by atoms with Gasteiger partial charge in [-0.25, -0.2) is 13.6 Å². The molecule has 3 N–H and O–H groups in total. The van der Waals surface area contributed by atoms with E-state index in [0.717, 1.165) is 0 Å². The van der Waals surface area contributed by atoms with Crippen LogP contribution in [-0.2, 0) is 27.2 Å². The highest BCUT2D eigenvalue weighted by Gasteiger charge is 2.27. The van der Waals surface area contributed by atoms with E-state index < -0.39 is 41.5 Å². The van der Waals surface area contributed by atoms with Crippen molar-refractivity contribution in [2.24, 2.45) is 0 Å². The third kappa shape index (κ3) is 6.15. The van der Waals surface area contributed by atoms with Crippen LogP contribution in [0, 0.1) is 11.6 Å². The zero-order chi connectivity index (χ0) is 20.7. The number of carbonyl (C=O) groups excluding carboxylic acids is 2. The number of amides is 2. The molecule has 2 atom stereocenters. The van der Waals surface area contributed by atoms with Gasteiger partial charge >= 0.3 is 5.97 Å². The van der Waals surface area contributed by atoms with Crippen molar-refractivity contribution in [3.8, 4) is 0 Å². The molecule has 2 rings (SSSR count). The molecule has 0 aliphatic carbocycles. The second-order valence-electron chi connectivity index (χ2n) is 6.28. The number of hydrogen-bond donors (Lipinski definition) is 3. The van der Waals surface area contributed by atoms with Crippen LogP contribution in [0.4, 0.5) is 8.78 Å². The first-order valence-electron chi connectivity index (χ1n) is 8.54. The van der Waals surface area contributed by atoms with E-state index in [1.807, 2.05) is 0 Å². The predicted octanol–water partition coefficient (Wildman–Crippen LogP) is 1.82. The van der Waals surface area contributed by atoms with E-state index in [1.54, 1.807) is 6.07 Å². The van der Waals surface area contributed by atoms with Gasteiger partial charge in [-0.3, -0.25) is 9.59 Å². The maximum absolute atomic E-state index is 13.8. The molecule has 0 saturated carbocycles. The second-order valence-corrected chi connectivity index (χ2v) is 6.28. The summed E-state index contributed by atoms with van der Waals surface area (Å²) in [4.78, 5) is 35.5. The molecule has 0 fully saturated rings. The number of halogens is 2. The molecule has 0 unspecified atom stereocenters. The lowest BCUT2D eigenvalue weighted by Crippen LogP contribution is -2.52. The highest BCUT2D eigenvalue weighted by atomic mass is 19.1. The van der Waals surface area contributed by atoms with Crippen LogP contribution in [0.15, 0.2) is 48.5 Å². The number of rotatable bonds is 8. The van der Waals surface area contributed by atoms with Gasteiger partial charge in [0.15, 0.2) is 0 Å². The molecular formula is C20H20F2N2O4. The number of carboxylic acids is 1. The van der Waals surface area contributed by atoms with Gasteiger partial charge in [-0.1, -0.05) is 30.3 Å². The molecule has 2 amide bonds. The van der Waals surface area contributed by atoms with Gasteiger partial charge in [0.25, 0.3) is 0 Å². The summed E-state index contributed by atoms with van der Waals surface area (Å²) >= 11 is 0. The van der Waals surface area contributed by atoms with Gasteiger partial charge in [-0.2, -0.15) is 0 Å². The molecule has 0 heterocycles. The third-order valence-electron chi connectivity index (χ3n) is 4.04. The highest BCUT2D eigenvalue weighted by Crippen LogP contribution is 2.11. The minimum Gasteiger partial charge on any atom is -0.480 e. The minimum absolute atomic E-state index is 0.0394. The smallest absolute Gasteiger partial charge is 0.326 e. The second kappa shape index (κ2) is 9.59. The van der Waals surface area contributed by atoms with Gasteiger partial charge in [-0.05, 0) is 29.3 Å². The van der Waals surface area contributed by atoms with Gasteiger partial charge in [0.2, 0.25) is 11.8 Å². The summed E-state index contributed by atoms with van der Waals surface area (Å²) in [5.41, 5.74) is 0.723. The van der Waals surface area contributed by atoms with Crippen molar-refractivity contribution in [1.82, 2.24) is 10.6 Å². The molecule has 2 aromatic rings. The van der Waals surface area contributed by atoms with Crippen LogP contribution in [0.5, 0.6) is 0 Å². The Labute approximate surface area is 160 Å². The zero-order valence-electron chi connectivity index (χ0n) is 15.1. The minimum atomic E-state index is -1.38. The Balaban J connectivity index is 2.14. The Morgan fingerprint density at radius 2 is 1.57 bits per heavy atom. The first-order chi connectivity index (χ1) is 13.3. The van der Waals surface area contributed by atoms with Gasteiger partial charge in [0, 0.05) is 19.8 Å². The van der Waals surface area contributed by atoms with Gasteiger partial charge in [0.1, 0.15) is 23.7 Å². The normalized spacial score (nSPS) is 12.7. The first-order valence-corrected chi connectivity index (χ1v) is 8.54. The molecule has 0 spiro atoms. The van der Waals surface area contributed by atoms with Crippen LogP contribution in [0.1, 0.15) is 18.1 Å². The molecule has 0 aromatic heterocycles. The lowest BCUT2D eigenvalue weighted by Gasteiger charge is -2.21. The molecule has 0 bridgehead atoms. The summed E-state index contributed by atoms with van der Waals surface area (Å²) in [6.45, 7) is 1.22. The van der Waals surface area contributed by atoms with E-state index in [4.69, 9.17) is 0 Å². The van der Waals surface area contributed by atoms with Crippen LogP contribution in [-0.4, -0.2) is 35.0 Å². The molecular weight excluding hydrogens is 370 g/mol. The fraction of sp³-hybridized carbons (Fsp3) is 0.250. The molecule has 148 valence electrons. The van der Waals surface area contributed by atoms with Crippen molar-refractivity contribution in [2.45, 2.75) is 31.8 Å². The van der Waals surface area contributed by atoms with Crippen molar-refractivity contribution in [3.05, 3.63) is 71.3 Å². The fourth-order valence-corrected chi connectivity index (χ4v) is 2.67. The molecule has 0 aliphatic heterocycles. The largest absolute Gasteiger partial charge is 0.480 e. The maximum Gasteiger partial charge on any atom is 0.326 e. The zero-order valence-corrected chi connectivity index (χ0v) is 15.1. The van der Waals surface area contributed by atoms with E-state index in [-0.39, 0.29) is 18.4 Å². The van der Waals surface area contributed by atoms with Crippen LogP contribution < -0.4 is 10.6 Å². The third-order valence-corrected chi connectivity index (χ3v) is 4.04. The quantitative estimate of drug-likeness (QED) is 0.641. The van der Waals surface area contributed by atoms with Crippen molar-refractivity contribution < 1.29 is 28.3 Å². The number of benzene rings is 2. The maximum atomic E-state index is 13.8. The van der Waals surface area contributed by atoms with E-state index >= 15 is 0 Å².